The molecule has 184 valence electrons. The van der Waals surface area contributed by atoms with Crippen LogP contribution in [0.15, 0.2) is 36.7 Å². The van der Waals surface area contributed by atoms with Gasteiger partial charge in [0.2, 0.25) is 0 Å². The number of nitrogens with zero attached hydrogens (tertiary/aromatic N) is 5. The first-order valence-corrected chi connectivity index (χ1v) is 11.8. The number of pyridine rings is 1. The Morgan fingerprint density at radius 2 is 2.17 bits per heavy atom. The predicted molar refractivity (Wildman–Crippen MR) is 136 cm³/mol. The lowest BCUT2D eigenvalue weighted by Gasteiger charge is -2.40. The molecule has 1 aliphatic rings. The molecule has 1 fully saturated rings. The van der Waals surface area contributed by atoms with E-state index in [9.17, 15) is 9.90 Å². The molecule has 1 atom stereocenters. The van der Waals surface area contributed by atoms with Crippen LogP contribution in [-0.4, -0.2) is 93.5 Å². The van der Waals surface area contributed by atoms with Crippen molar-refractivity contribution in [3.8, 4) is 11.3 Å². The number of methoxy groups -OCH3 is 1. The fourth-order valence-corrected chi connectivity index (χ4v) is 5.04. The first-order chi connectivity index (χ1) is 17.0. The summed E-state index contributed by atoms with van der Waals surface area (Å²) in [6.07, 6.45) is 1.59. The molecule has 0 radical (unpaired) electrons. The monoisotopic (exact) mass is 477 g/mol. The molecule has 1 saturated heterocycles. The minimum absolute atomic E-state index is 0.106. The molecule has 0 spiro atoms. The highest BCUT2D eigenvalue weighted by Gasteiger charge is 2.30. The summed E-state index contributed by atoms with van der Waals surface area (Å²) in [5, 5.41) is 13.9. The third kappa shape index (κ3) is 4.42. The fraction of sp³-hybridized carbons (Fsp3) is 0.400. The van der Waals surface area contributed by atoms with E-state index in [2.05, 4.69) is 44.5 Å². The Hall–Kier alpha value is -3.63. The molecule has 3 N–H and O–H groups in total. The number of hydrogen-bond acceptors (Lipinski definition) is 6. The summed E-state index contributed by atoms with van der Waals surface area (Å²) in [5.74, 6) is 0.735. The second-order valence-corrected chi connectivity index (χ2v) is 9.04. The topological polar surface area (TPSA) is 112 Å². The van der Waals surface area contributed by atoms with E-state index in [1.807, 2.05) is 24.7 Å². The molecule has 0 saturated carbocycles. The van der Waals surface area contributed by atoms with E-state index in [1.165, 1.54) is 0 Å². The van der Waals surface area contributed by atoms with Crippen molar-refractivity contribution < 1.29 is 14.6 Å². The number of aromatic nitrogens is 4. The van der Waals surface area contributed by atoms with Crippen molar-refractivity contribution in [2.45, 2.75) is 12.5 Å². The third-order valence-corrected chi connectivity index (χ3v) is 6.81. The normalized spacial score (nSPS) is 16.9. The quantitative estimate of drug-likeness (QED) is 0.375. The number of imidazole rings is 1. The Labute approximate surface area is 203 Å². The average molecular weight is 478 g/mol. The van der Waals surface area contributed by atoms with Crippen molar-refractivity contribution >= 4 is 34.0 Å². The number of fused-ring (bicyclic) bond motifs is 3. The van der Waals surface area contributed by atoms with Crippen LogP contribution in [0.25, 0.3) is 33.3 Å². The zero-order chi connectivity index (χ0) is 24.5. The van der Waals surface area contributed by atoms with Gasteiger partial charge < -0.3 is 29.6 Å². The molecule has 1 aliphatic heterocycles. The van der Waals surface area contributed by atoms with Crippen LogP contribution in [0.3, 0.4) is 0 Å². The number of rotatable bonds is 7. The van der Waals surface area contributed by atoms with Gasteiger partial charge in [-0.05, 0) is 29.7 Å². The smallest absolute Gasteiger partial charge is 0.407 e. The van der Waals surface area contributed by atoms with Crippen molar-refractivity contribution in [3.63, 3.8) is 0 Å². The predicted octanol–water partition coefficient (Wildman–Crippen LogP) is 3.01. The van der Waals surface area contributed by atoms with Crippen LogP contribution >= 0.6 is 0 Å². The Bertz CT molecular complexity index is 1360. The Morgan fingerprint density at radius 3 is 2.94 bits per heavy atom. The largest absolute Gasteiger partial charge is 0.465 e. The van der Waals surface area contributed by atoms with Gasteiger partial charge in [0.1, 0.15) is 11.2 Å². The lowest BCUT2D eigenvalue weighted by Crippen LogP contribution is -2.56. The van der Waals surface area contributed by atoms with E-state index in [1.54, 1.807) is 18.3 Å². The van der Waals surface area contributed by atoms with E-state index in [0.717, 1.165) is 57.8 Å². The van der Waals surface area contributed by atoms with Gasteiger partial charge in [-0.15, -0.1) is 0 Å². The van der Waals surface area contributed by atoms with Crippen molar-refractivity contribution in [2.24, 2.45) is 7.05 Å². The number of amides is 1. The summed E-state index contributed by atoms with van der Waals surface area (Å²) in [6.45, 7) is 3.38. The standard InChI is InChI=1S/C25H31N7O3/c1-26-24-21-22(30(2)15-27-21)19-13-20(28-23(19)29-24)17-6-4-5-16(11-17)12-18-14-31(9-10-35-3)7-8-32(18)25(33)34/h4-6,11,13,15,18H,7-10,12,14H2,1-3H3,(H,33,34)(H2,26,28,29). The molecule has 10 heteroatoms. The maximum absolute atomic E-state index is 11.9. The summed E-state index contributed by atoms with van der Waals surface area (Å²) in [5.41, 5.74) is 5.75. The average Bonchev–Trinajstić information content (AvgIpc) is 3.46. The number of aromatic amines is 1. The molecule has 4 heterocycles. The first kappa shape index (κ1) is 23.1. The van der Waals surface area contributed by atoms with Crippen LogP contribution in [0, 0.1) is 0 Å². The lowest BCUT2D eigenvalue weighted by molar-refractivity contribution is 0.0546. The van der Waals surface area contributed by atoms with Crippen LogP contribution in [0.1, 0.15) is 5.56 Å². The van der Waals surface area contributed by atoms with Gasteiger partial charge in [0.25, 0.3) is 0 Å². The number of piperazine rings is 1. The summed E-state index contributed by atoms with van der Waals surface area (Å²) < 4.78 is 7.22. The van der Waals surface area contributed by atoms with Gasteiger partial charge in [-0.2, -0.15) is 0 Å². The molecular formula is C25H31N7O3. The Kier molecular flexibility index (Phi) is 6.31. The highest BCUT2D eigenvalue weighted by molar-refractivity contribution is 6.07. The molecule has 1 unspecified atom stereocenters. The molecule has 3 aromatic heterocycles. The van der Waals surface area contributed by atoms with Crippen molar-refractivity contribution in [1.29, 1.82) is 0 Å². The molecule has 0 aliphatic carbocycles. The molecule has 4 aromatic rings. The molecule has 0 bridgehead atoms. The fourth-order valence-electron chi connectivity index (χ4n) is 5.04. The minimum atomic E-state index is -0.861. The number of anilines is 1. The number of carboxylic acid groups (broad SMARTS) is 1. The number of aryl methyl sites for hydroxylation is 1. The third-order valence-electron chi connectivity index (χ3n) is 6.81. The van der Waals surface area contributed by atoms with Gasteiger partial charge in [-0.1, -0.05) is 18.2 Å². The van der Waals surface area contributed by atoms with Crippen LogP contribution in [0.4, 0.5) is 10.6 Å². The van der Waals surface area contributed by atoms with Crippen LogP contribution < -0.4 is 5.32 Å². The second kappa shape index (κ2) is 9.55. The van der Waals surface area contributed by atoms with E-state index in [4.69, 9.17) is 9.72 Å². The molecule has 1 aromatic carbocycles. The van der Waals surface area contributed by atoms with E-state index >= 15 is 0 Å². The van der Waals surface area contributed by atoms with Gasteiger partial charge in [0.05, 0.1) is 24.5 Å². The molecule has 10 nitrogen and oxygen atoms in total. The Balaban J connectivity index is 1.45. The summed E-state index contributed by atoms with van der Waals surface area (Å²) in [6, 6.07) is 10.3. The molecular weight excluding hydrogens is 446 g/mol. The van der Waals surface area contributed by atoms with Gasteiger partial charge in [0.15, 0.2) is 5.82 Å². The van der Waals surface area contributed by atoms with E-state index in [0.29, 0.717) is 26.1 Å². The lowest BCUT2D eigenvalue weighted by atomic mass is 9.99. The Morgan fingerprint density at radius 1 is 1.31 bits per heavy atom. The number of ether oxygens (including phenoxy) is 1. The maximum atomic E-state index is 11.9. The van der Waals surface area contributed by atoms with Gasteiger partial charge >= 0.3 is 6.09 Å². The molecule has 1 amide bonds. The van der Waals surface area contributed by atoms with Crippen LogP contribution in [0.2, 0.25) is 0 Å². The van der Waals surface area contributed by atoms with Gasteiger partial charge in [-0.3, -0.25) is 4.90 Å². The van der Waals surface area contributed by atoms with Crippen LogP contribution in [0.5, 0.6) is 0 Å². The summed E-state index contributed by atoms with van der Waals surface area (Å²) in [4.78, 5) is 28.4. The van der Waals surface area contributed by atoms with E-state index in [-0.39, 0.29) is 6.04 Å². The highest BCUT2D eigenvalue weighted by Crippen LogP contribution is 2.32. The number of carbonyl (C=O) groups is 1. The van der Waals surface area contributed by atoms with Crippen molar-refractivity contribution in [1.82, 2.24) is 29.3 Å². The number of H-pyrrole nitrogens is 1. The zero-order valence-corrected chi connectivity index (χ0v) is 20.3. The number of benzene rings is 1. The van der Waals surface area contributed by atoms with Crippen molar-refractivity contribution in [3.05, 3.63) is 42.2 Å². The van der Waals surface area contributed by atoms with Gasteiger partial charge in [-0.25, -0.2) is 14.8 Å². The van der Waals surface area contributed by atoms with E-state index < -0.39 is 6.09 Å². The summed E-state index contributed by atoms with van der Waals surface area (Å²) in [7, 11) is 5.52. The number of nitrogens with one attached hydrogen (secondary N) is 2. The second-order valence-electron chi connectivity index (χ2n) is 9.04. The van der Waals surface area contributed by atoms with Gasteiger partial charge in [0, 0.05) is 58.5 Å². The first-order valence-electron chi connectivity index (χ1n) is 11.8. The summed E-state index contributed by atoms with van der Waals surface area (Å²) >= 11 is 0. The molecule has 5 rings (SSSR count). The maximum Gasteiger partial charge on any atom is 0.407 e. The van der Waals surface area contributed by atoms with Crippen molar-refractivity contribution in [2.75, 3.05) is 52.3 Å². The number of hydrogen-bond donors (Lipinski definition) is 3. The SMILES string of the molecule is CNc1nc2[nH]c(-c3cccc(CC4CN(CCOC)CCN4C(=O)O)c3)cc2c2c1ncn2C. The zero-order valence-electron chi connectivity index (χ0n) is 20.3. The minimum Gasteiger partial charge on any atom is -0.465 e. The van der Waals surface area contributed by atoms with Crippen LogP contribution in [-0.2, 0) is 18.2 Å². The molecule has 35 heavy (non-hydrogen) atoms. The highest BCUT2D eigenvalue weighted by atomic mass is 16.5.